The first-order valence-electron chi connectivity index (χ1n) is 6.16. The van der Waals surface area contributed by atoms with Crippen LogP contribution in [0.2, 0.25) is 0 Å². The topological polar surface area (TPSA) is 58.6 Å². The number of rotatable bonds is 5. The average Bonchev–Trinajstić information content (AvgIpc) is 2.39. The van der Waals surface area contributed by atoms with Crippen molar-refractivity contribution in [1.29, 1.82) is 0 Å². The van der Waals surface area contributed by atoms with E-state index < -0.39 is 6.09 Å². The average molecular weight is 264 g/mol. The fourth-order valence-electron chi connectivity index (χ4n) is 1.71. The molecule has 0 aliphatic carbocycles. The minimum absolute atomic E-state index is 0.0186. The molecule has 5 nitrogen and oxygen atoms in total. The van der Waals surface area contributed by atoms with E-state index in [9.17, 15) is 9.59 Å². The number of benzene rings is 1. The number of hydrogen-bond acceptors (Lipinski definition) is 3. The van der Waals surface area contributed by atoms with Gasteiger partial charge in [0.1, 0.15) is 0 Å². The highest BCUT2D eigenvalue weighted by molar-refractivity contribution is 5.73. The zero-order chi connectivity index (χ0) is 14.3. The van der Waals surface area contributed by atoms with Crippen LogP contribution in [-0.2, 0) is 16.1 Å². The van der Waals surface area contributed by atoms with Crippen molar-refractivity contribution in [3.8, 4) is 0 Å². The Morgan fingerprint density at radius 3 is 2.58 bits per heavy atom. The van der Waals surface area contributed by atoms with Crippen molar-refractivity contribution in [3.63, 3.8) is 0 Å². The van der Waals surface area contributed by atoms with Gasteiger partial charge in [0.2, 0.25) is 5.91 Å². The molecule has 0 heterocycles. The van der Waals surface area contributed by atoms with E-state index in [-0.39, 0.29) is 5.91 Å². The van der Waals surface area contributed by atoms with Crippen LogP contribution >= 0.6 is 0 Å². The lowest BCUT2D eigenvalue weighted by atomic mass is 10.1. The Hall–Kier alpha value is -2.04. The molecule has 0 aromatic heterocycles. The van der Waals surface area contributed by atoms with Crippen LogP contribution in [0.15, 0.2) is 24.3 Å². The molecule has 0 aliphatic rings. The van der Waals surface area contributed by atoms with Gasteiger partial charge in [0.15, 0.2) is 0 Å². The van der Waals surface area contributed by atoms with Gasteiger partial charge in [-0.25, -0.2) is 4.79 Å². The quantitative estimate of drug-likeness (QED) is 0.880. The van der Waals surface area contributed by atoms with Gasteiger partial charge in [0.05, 0.1) is 7.11 Å². The molecule has 0 radical (unpaired) electrons. The van der Waals surface area contributed by atoms with Crippen LogP contribution in [0.4, 0.5) is 4.79 Å². The molecule has 0 atom stereocenters. The summed E-state index contributed by atoms with van der Waals surface area (Å²) in [5, 5.41) is 2.56. The van der Waals surface area contributed by atoms with Gasteiger partial charge in [0, 0.05) is 26.6 Å². The summed E-state index contributed by atoms with van der Waals surface area (Å²) < 4.78 is 4.48. The first-order chi connectivity index (χ1) is 9.04. The lowest BCUT2D eigenvalue weighted by Gasteiger charge is -2.22. The summed E-state index contributed by atoms with van der Waals surface area (Å²) in [5.74, 6) is -0.0186. The number of alkyl carbamates (subject to hydrolysis) is 1. The highest BCUT2D eigenvalue weighted by atomic mass is 16.5. The number of amides is 2. The van der Waals surface area contributed by atoms with Crippen molar-refractivity contribution < 1.29 is 14.3 Å². The molecule has 0 aliphatic heterocycles. The first kappa shape index (κ1) is 15.0. The third-order valence-corrected chi connectivity index (χ3v) is 2.90. The van der Waals surface area contributed by atoms with Crippen LogP contribution < -0.4 is 5.32 Å². The number of ether oxygens (including phenoxy) is 1. The largest absolute Gasteiger partial charge is 0.453 e. The second-order valence-corrected chi connectivity index (χ2v) is 4.29. The molecule has 1 rings (SSSR count). The highest BCUT2D eigenvalue weighted by Gasteiger charge is 2.11. The Morgan fingerprint density at radius 2 is 2.00 bits per heavy atom. The van der Waals surface area contributed by atoms with E-state index in [0.717, 1.165) is 11.1 Å². The van der Waals surface area contributed by atoms with Crippen molar-refractivity contribution in [3.05, 3.63) is 35.4 Å². The lowest BCUT2D eigenvalue weighted by Crippen LogP contribution is -2.37. The summed E-state index contributed by atoms with van der Waals surface area (Å²) in [6, 6.07) is 7.93. The zero-order valence-corrected chi connectivity index (χ0v) is 11.6. The molecule has 0 unspecified atom stereocenters. The summed E-state index contributed by atoms with van der Waals surface area (Å²) in [5.41, 5.74) is 2.26. The van der Waals surface area contributed by atoms with Crippen molar-refractivity contribution in [1.82, 2.24) is 10.2 Å². The van der Waals surface area contributed by atoms with Gasteiger partial charge in [-0.1, -0.05) is 24.3 Å². The molecule has 0 fully saturated rings. The highest BCUT2D eigenvalue weighted by Crippen LogP contribution is 2.10. The predicted molar refractivity (Wildman–Crippen MR) is 72.7 cm³/mol. The van der Waals surface area contributed by atoms with Crippen LogP contribution in [0.5, 0.6) is 0 Å². The Balaban J connectivity index is 2.56. The van der Waals surface area contributed by atoms with E-state index in [0.29, 0.717) is 19.6 Å². The molecular formula is C14H20N2O3. The van der Waals surface area contributed by atoms with Gasteiger partial charge < -0.3 is 15.0 Å². The van der Waals surface area contributed by atoms with Crippen molar-refractivity contribution >= 4 is 12.0 Å². The number of carbonyl (C=O) groups is 2. The minimum Gasteiger partial charge on any atom is -0.453 e. The first-order valence-corrected chi connectivity index (χ1v) is 6.16. The van der Waals surface area contributed by atoms with E-state index in [4.69, 9.17) is 0 Å². The zero-order valence-electron chi connectivity index (χ0n) is 11.6. The number of methoxy groups -OCH3 is 1. The third-order valence-electron chi connectivity index (χ3n) is 2.90. The maximum Gasteiger partial charge on any atom is 0.406 e. The van der Waals surface area contributed by atoms with Crippen LogP contribution in [-0.4, -0.2) is 37.1 Å². The second-order valence-electron chi connectivity index (χ2n) is 4.29. The Morgan fingerprint density at radius 1 is 1.32 bits per heavy atom. The third kappa shape index (κ3) is 4.99. The van der Waals surface area contributed by atoms with E-state index >= 15 is 0 Å². The standard InChI is InChI=1S/C14H20N2O3/c1-11-6-4-5-7-13(11)10-16(12(2)17)9-8-15-14(18)19-3/h4-7H,8-10H2,1-3H3,(H,15,18). The van der Waals surface area contributed by atoms with Gasteiger partial charge in [-0.05, 0) is 18.1 Å². The molecule has 1 aromatic carbocycles. The maximum atomic E-state index is 11.6. The van der Waals surface area contributed by atoms with Crippen molar-refractivity contribution in [2.45, 2.75) is 20.4 Å². The molecule has 5 heteroatoms. The fourth-order valence-corrected chi connectivity index (χ4v) is 1.71. The number of carbonyl (C=O) groups excluding carboxylic acids is 2. The summed E-state index contributed by atoms with van der Waals surface area (Å²) in [6.07, 6.45) is -0.487. The Labute approximate surface area is 113 Å². The molecule has 0 saturated carbocycles. The summed E-state index contributed by atoms with van der Waals surface area (Å²) in [6.45, 7) is 4.92. The monoisotopic (exact) mass is 264 g/mol. The SMILES string of the molecule is COC(=O)NCCN(Cc1ccccc1C)C(C)=O. The molecule has 0 saturated heterocycles. The second kappa shape index (κ2) is 7.41. The van der Waals surface area contributed by atoms with Crippen LogP contribution in [0.3, 0.4) is 0 Å². The van der Waals surface area contributed by atoms with E-state index in [1.165, 1.54) is 14.0 Å². The van der Waals surface area contributed by atoms with Gasteiger partial charge in [0.25, 0.3) is 0 Å². The van der Waals surface area contributed by atoms with Gasteiger partial charge in [-0.15, -0.1) is 0 Å². The van der Waals surface area contributed by atoms with Crippen LogP contribution in [0.1, 0.15) is 18.1 Å². The lowest BCUT2D eigenvalue weighted by molar-refractivity contribution is -0.129. The van der Waals surface area contributed by atoms with Crippen molar-refractivity contribution in [2.75, 3.05) is 20.2 Å². The fraction of sp³-hybridized carbons (Fsp3) is 0.429. The van der Waals surface area contributed by atoms with Crippen LogP contribution in [0, 0.1) is 6.92 Å². The van der Waals surface area contributed by atoms with Gasteiger partial charge in [-0.2, -0.15) is 0 Å². The normalized spacial score (nSPS) is 9.84. The molecule has 2 amide bonds. The Kier molecular flexibility index (Phi) is 5.85. The molecule has 1 aromatic rings. The number of nitrogens with zero attached hydrogens (tertiary/aromatic N) is 1. The minimum atomic E-state index is -0.487. The molecule has 19 heavy (non-hydrogen) atoms. The van der Waals surface area contributed by atoms with E-state index in [2.05, 4.69) is 10.1 Å². The number of nitrogens with one attached hydrogen (secondary N) is 1. The van der Waals surface area contributed by atoms with E-state index in [1.807, 2.05) is 31.2 Å². The number of aryl methyl sites for hydroxylation is 1. The van der Waals surface area contributed by atoms with Crippen LogP contribution in [0.25, 0.3) is 0 Å². The molecule has 0 bridgehead atoms. The van der Waals surface area contributed by atoms with Gasteiger partial charge in [-0.3, -0.25) is 4.79 Å². The molecule has 1 N–H and O–H groups in total. The molecule has 104 valence electrons. The predicted octanol–water partition coefficient (Wildman–Crippen LogP) is 1.70. The van der Waals surface area contributed by atoms with Gasteiger partial charge >= 0.3 is 6.09 Å². The summed E-state index contributed by atoms with van der Waals surface area (Å²) in [7, 11) is 1.31. The van der Waals surface area contributed by atoms with Crippen molar-refractivity contribution in [2.24, 2.45) is 0 Å². The van der Waals surface area contributed by atoms with E-state index in [1.54, 1.807) is 4.90 Å². The summed E-state index contributed by atoms with van der Waals surface area (Å²) in [4.78, 5) is 24.2. The number of hydrogen-bond donors (Lipinski definition) is 1. The smallest absolute Gasteiger partial charge is 0.406 e. The molecule has 0 spiro atoms. The Bertz CT molecular complexity index is 446. The summed E-state index contributed by atoms with van der Waals surface area (Å²) >= 11 is 0. The maximum absolute atomic E-state index is 11.6. The molecular weight excluding hydrogens is 244 g/mol.